The number of halogens is 1. The van der Waals surface area contributed by atoms with Crippen molar-refractivity contribution in [2.75, 3.05) is 48.9 Å². The van der Waals surface area contributed by atoms with Gasteiger partial charge in [0.25, 0.3) is 5.91 Å². The van der Waals surface area contributed by atoms with Crippen molar-refractivity contribution < 1.29 is 13.9 Å². The van der Waals surface area contributed by atoms with Crippen molar-refractivity contribution in [1.29, 1.82) is 0 Å². The van der Waals surface area contributed by atoms with E-state index in [-0.39, 0.29) is 18.3 Å². The quantitative estimate of drug-likeness (QED) is 0.670. The van der Waals surface area contributed by atoms with E-state index in [2.05, 4.69) is 35.4 Å². The third-order valence-corrected chi connectivity index (χ3v) is 6.78. The molecule has 1 saturated carbocycles. The number of likely N-dealkylation sites (N-methyl/N-ethyl adjacent to an activating group) is 1. The number of carbonyl (C=O) groups is 1. The fourth-order valence-corrected chi connectivity index (χ4v) is 5.02. The summed E-state index contributed by atoms with van der Waals surface area (Å²) in [5.41, 5.74) is 2.32. The van der Waals surface area contributed by atoms with Crippen molar-refractivity contribution in [1.82, 2.24) is 20.3 Å². The van der Waals surface area contributed by atoms with Gasteiger partial charge in [-0.2, -0.15) is 0 Å². The second-order valence-electron chi connectivity index (χ2n) is 9.29. The van der Waals surface area contributed by atoms with Crippen LogP contribution in [-0.2, 0) is 11.3 Å². The fraction of sp³-hybridized carbons (Fsp3) is 0.500. The fourth-order valence-electron chi connectivity index (χ4n) is 5.02. The number of hydrogen-bond acceptors (Lipinski definition) is 8. The van der Waals surface area contributed by atoms with Crippen LogP contribution in [0, 0.1) is 11.7 Å². The van der Waals surface area contributed by atoms with Gasteiger partial charge in [0.2, 0.25) is 0 Å². The van der Waals surface area contributed by atoms with Crippen molar-refractivity contribution >= 4 is 29.2 Å². The molecule has 1 fully saturated rings. The van der Waals surface area contributed by atoms with Gasteiger partial charge in [-0.15, -0.1) is 0 Å². The minimum Gasteiger partial charge on any atom is -0.478 e. The summed E-state index contributed by atoms with van der Waals surface area (Å²) in [6.07, 6.45) is 11.2. The van der Waals surface area contributed by atoms with E-state index in [9.17, 15) is 9.18 Å². The lowest BCUT2D eigenvalue weighted by Crippen LogP contribution is -2.37. The van der Waals surface area contributed by atoms with E-state index >= 15 is 0 Å². The monoisotopic (exact) mass is 467 g/mol. The first kappa shape index (κ1) is 22.5. The van der Waals surface area contributed by atoms with E-state index in [0.717, 1.165) is 50.2 Å². The Morgan fingerprint density at radius 3 is 2.91 bits per heavy atom. The molecule has 0 atom stereocenters. The molecule has 0 radical (unpaired) electrons. The van der Waals surface area contributed by atoms with Crippen LogP contribution in [0.3, 0.4) is 0 Å². The Kier molecular flexibility index (Phi) is 6.32. The number of fused-ring (bicyclic) bond motifs is 2. The third-order valence-electron chi connectivity index (χ3n) is 6.78. The largest absolute Gasteiger partial charge is 0.478 e. The number of carbonyl (C=O) groups excluding carboxylic acids is 1. The minimum atomic E-state index is -0.273. The maximum Gasteiger partial charge on any atom is 0.263 e. The van der Waals surface area contributed by atoms with Crippen LogP contribution in [0.5, 0.6) is 5.75 Å². The van der Waals surface area contributed by atoms with Crippen molar-refractivity contribution in [3.63, 3.8) is 0 Å². The van der Waals surface area contributed by atoms with E-state index in [1.807, 2.05) is 26.2 Å². The number of aromatic nitrogens is 3. The van der Waals surface area contributed by atoms with Crippen molar-refractivity contribution in [2.45, 2.75) is 38.3 Å². The summed E-state index contributed by atoms with van der Waals surface area (Å²) in [7, 11) is 3.95. The van der Waals surface area contributed by atoms with Gasteiger partial charge in [-0.05, 0) is 37.7 Å². The number of anilines is 3. The highest BCUT2D eigenvalue weighted by Gasteiger charge is 2.27. The highest BCUT2D eigenvalue weighted by atomic mass is 19.1. The van der Waals surface area contributed by atoms with Crippen molar-refractivity contribution in [2.24, 2.45) is 5.92 Å². The molecule has 2 aromatic heterocycles. The van der Waals surface area contributed by atoms with Crippen LogP contribution < -0.4 is 25.2 Å². The summed E-state index contributed by atoms with van der Waals surface area (Å²) in [4.78, 5) is 28.6. The lowest BCUT2D eigenvalue weighted by Gasteiger charge is -2.35. The first-order valence-corrected chi connectivity index (χ1v) is 11.8. The summed E-state index contributed by atoms with van der Waals surface area (Å²) in [5, 5.41) is 6.26. The van der Waals surface area contributed by atoms with Gasteiger partial charge in [0.05, 0.1) is 30.3 Å². The number of nitrogens with zero attached hydrogens (tertiary/aromatic N) is 5. The maximum atomic E-state index is 14.8. The van der Waals surface area contributed by atoms with Crippen LogP contribution in [0.2, 0.25) is 0 Å². The molecule has 4 heterocycles. The Morgan fingerprint density at radius 2 is 2.09 bits per heavy atom. The van der Waals surface area contributed by atoms with E-state index in [1.54, 1.807) is 6.20 Å². The zero-order valence-electron chi connectivity index (χ0n) is 19.6. The Balaban J connectivity index is 1.14. The van der Waals surface area contributed by atoms with Crippen LogP contribution in [0.25, 0.3) is 6.08 Å². The molecule has 2 N–H and O–H groups in total. The SMILES string of the molecule is CN(CC1CCC(NCc2ncc3c(n2)NC(=O)CO3)CC1)c1c(F)cnc2c1N(C)CC=C2. The van der Waals surface area contributed by atoms with E-state index in [4.69, 9.17) is 4.74 Å². The van der Waals surface area contributed by atoms with Gasteiger partial charge in [0.15, 0.2) is 24.0 Å². The summed E-state index contributed by atoms with van der Waals surface area (Å²) >= 11 is 0. The molecule has 34 heavy (non-hydrogen) atoms. The standard InChI is InChI=1S/C24H30FN7O2/c1-31-9-3-4-18-23(31)22(17(25)10-27-18)32(2)13-15-5-7-16(8-6-15)26-12-20-28-11-19-24(29-20)30-21(33)14-34-19/h3-4,10-11,15-16,26H,5-9,12-14H2,1-2H3,(H,28,29,30,33). The highest BCUT2D eigenvalue weighted by molar-refractivity contribution is 5.94. The molecule has 180 valence electrons. The second kappa shape index (κ2) is 9.54. The second-order valence-corrected chi connectivity index (χ2v) is 9.29. The first-order valence-electron chi connectivity index (χ1n) is 11.8. The predicted octanol–water partition coefficient (Wildman–Crippen LogP) is 2.59. The normalized spacial score (nSPS) is 21.4. The van der Waals surface area contributed by atoms with Gasteiger partial charge < -0.3 is 25.2 Å². The average molecular weight is 468 g/mol. The molecule has 0 aromatic carbocycles. The van der Waals surface area contributed by atoms with Crippen molar-refractivity contribution in [3.05, 3.63) is 35.8 Å². The van der Waals surface area contributed by atoms with Crippen LogP contribution in [-0.4, -0.2) is 60.7 Å². The topological polar surface area (TPSA) is 95.5 Å². The van der Waals surface area contributed by atoms with Gasteiger partial charge in [-0.1, -0.05) is 6.08 Å². The maximum absolute atomic E-state index is 14.8. The summed E-state index contributed by atoms with van der Waals surface area (Å²) in [5.74, 6) is 1.59. The number of pyridine rings is 1. The summed E-state index contributed by atoms with van der Waals surface area (Å²) < 4.78 is 20.1. The number of rotatable bonds is 6. The van der Waals surface area contributed by atoms with E-state index < -0.39 is 0 Å². The van der Waals surface area contributed by atoms with Gasteiger partial charge in [0, 0.05) is 33.2 Å². The molecule has 9 nitrogen and oxygen atoms in total. The molecule has 3 aliphatic rings. The summed E-state index contributed by atoms with van der Waals surface area (Å²) in [6.45, 7) is 2.09. The van der Waals surface area contributed by atoms with Gasteiger partial charge >= 0.3 is 0 Å². The zero-order chi connectivity index (χ0) is 23.7. The molecular weight excluding hydrogens is 437 g/mol. The molecule has 10 heteroatoms. The predicted molar refractivity (Wildman–Crippen MR) is 129 cm³/mol. The minimum absolute atomic E-state index is 0.00356. The van der Waals surface area contributed by atoms with E-state index in [0.29, 0.717) is 41.6 Å². The average Bonchev–Trinajstić information content (AvgIpc) is 2.83. The Hall–Kier alpha value is -3.27. The lowest BCUT2D eigenvalue weighted by molar-refractivity contribution is -0.118. The van der Waals surface area contributed by atoms with Crippen LogP contribution in [0.15, 0.2) is 18.5 Å². The molecule has 1 amide bonds. The molecule has 2 aromatic rings. The Labute approximate surface area is 198 Å². The Morgan fingerprint density at radius 1 is 1.26 bits per heavy atom. The van der Waals surface area contributed by atoms with Crippen LogP contribution in [0.4, 0.5) is 21.6 Å². The number of amides is 1. The van der Waals surface area contributed by atoms with E-state index in [1.165, 1.54) is 6.20 Å². The molecule has 0 spiro atoms. The summed E-state index contributed by atoms with van der Waals surface area (Å²) in [6, 6.07) is 0.383. The molecular formula is C24H30FN7O2. The van der Waals surface area contributed by atoms with Crippen molar-refractivity contribution in [3.8, 4) is 5.75 Å². The lowest BCUT2D eigenvalue weighted by atomic mass is 9.85. The third kappa shape index (κ3) is 4.68. The highest BCUT2D eigenvalue weighted by Crippen LogP contribution is 2.37. The molecule has 0 saturated heterocycles. The first-order chi connectivity index (χ1) is 16.5. The number of nitrogens with one attached hydrogen (secondary N) is 2. The van der Waals surface area contributed by atoms with Crippen LogP contribution in [0.1, 0.15) is 37.2 Å². The smallest absolute Gasteiger partial charge is 0.263 e. The van der Waals surface area contributed by atoms with Crippen LogP contribution >= 0.6 is 0 Å². The zero-order valence-corrected chi connectivity index (χ0v) is 19.6. The molecule has 1 aliphatic carbocycles. The van der Waals surface area contributed by atoms with Gasteiger partial charge in [-0.25, -0.2) is 14.4 Å². The van der Waals surface area contributed by atoms with Gasteiger partial charge in [0.1, 0.15) is 11.5 Å². The Bertz CT molecular complexity index is 1100. The van der Waals surface area contributed by atoms with Gasteiger partial charge in [-0.3, -0.25) is 9.78 Å². The molecule has 0 bridgehead atoms. The molecule has 2 aliphatic heterocycles. The number of ether oxygens (including phenoxy) is 1. The molecule has 5 rings (SSSR count). The number of hydrogen-bond donors (Lipinski definition) is 2. The molecule has 0 unspecified atom stereocenters.